The molecule has 0 bridgehead atoms. The minimum Gasteiger partial charge on any atom is -0.310 e. The molecule has 0 spiro atoms. The van der Waals surface area contributed by atoms with E-state index in [1.165, 1.54) is 44.6 Å². The monoisotopic (exact) mass is 341 g/mol. The molecule has 1 unspecified atom stereocenters. The van der Waals surface area contributed by atoms with Gasteiger partial charge in [0.15, 0.2) is 0 Å². The first-order valence-corrected chi connectivity index (χ1v) is 8.70. The van der Waals surface area contributed by atoms with Crippen LogP contribution in [0.4, 0.5) is 4.39 Å². The van der Waals surface area contributed by atoms with Crippen molar-refractivity contribution in [3.05, 3.63) is 34.1 Å². The SMILES string of the molecule is CCCNC(c1cccc(F)c1Br)C1CCCCCC1. The average Bonchev–Trinajstić information content (AvgIpc) is 2.73. The molecule has 0 saturated heterocycles. The number of hydrogen-bond acceptors (Lipinski definition) is 1. The van der Waals surface area contributed by atoms with E-state index >= 15 is 0 Å². The van der Waals surface area contributed by atoms with Crippen LogP contribution in [0.15, 0.2) is 22.7 Å². The summed E-state index contributed by atoms with van der Waals surface area (Å²) in [5.74, 6) is 0.474. The standard InChI is InChI=1S/C17H25BrFN/c1-2-12-20-17(13-8-5-3-4-6-9-13)14-10-7-11-15(19)16(14)18/h7,10-11,13,17,20H,2-6,8-9,12H2,1H3. The molecule has 0 aliphatic heterocycles. The second kappa shape index (κ2) is 8.14. The molecule has 0 heterocycles. The summed E-state index contributed by atoms with van der Waals surface area (Å²) in [5.41, 5.74) is 1.09. The minimum atomic E-state index is -0.153. The number of nitrogens with one attached hydrogen (secondary N) is 1. The Bertz CT molecular complexity index is 413. The molecule has 0 amide bonds. The van der Waals surface area contributed by atoms with E-state index < -0.39 is 0 Å². The molecule has 1 atom stereocenters. The first-order chi connectivity index (χ1) is 9.74. The molecule has 1 fully saturated rings. The second-order valence-corrected chi connectivity index (χ2v) is 6.62. The molecule has 1 N–H and O–H groups in total. The van der Waals surface area contributed by atoms with E-state index in [0.717, 1.165) is 18.5 Å². The third kappa shape index (κ3) is 4.05. The number of benzene rings is 1. The van der Waals surface area contributed by atoms with Gasteiger partial charge in [-0.2, -0.15) is 0 Å². The fourth-order valence-corrected chi connectivity index (χ4v) is 3.75. The maximum Gasteiger partial charge on any atom is 0.137 e. The van der Waals surface area contributed by atoms with Crippen LogP contribution in [-0.2, 0) is 0 Å². The van der Waals surface area contributed by atoms with Crippen LogP contribution in [0.3, 0.4) is 0 Å². The van der Waals surface area contributed by atoms with Crippen molar-refractivity contribution in [1.29, 1.82) is 0 Å². The van der Waals surface area contributed by atoms with Crippen LogP contribution < -0.4 is 5.32 Å². The van der Waals surface area contributed by atoms with Gasteiger partial charge in [0, 0.05) is 6.04 Å². The molecule has 1 aliphatic carbocycles. The fraction of sp³-hybridized carbons (Fsp3) is 0.647. The van der Waals surface area contributed by atoms with Crippen molar-refractivity contribution in [2.24, 2.45) is 5.92 Å². The molecule has 1 aromatic rings. The first kappa shape index (κ1) is 16.0. The molecule has 1 aliphatic rings. The summed E-state index contributed by atoms with van der Waals surface area (Å²) in [5, 5.41) is 3.65. The Labute approximate surface area is 130 Å². The summed E-state index contributed by atoms with van der Waals surface area (Å²) in [4.78, 5) is 0. The van der Waals surface area contributed by atoms with Crippen molar-refractivity contribution < 1.29 is 4.39 Å². The lowest BCUT2D eigenvalue weighted by molar-refractivity contribution is 0.324. The Balaban J connectivity index is 2.23. The van der Waals surface area contributed by atoms with Crippen LogP contribution in [-0.4, -0.2) is 6.54 Å². The Morgan fingerprint density at radius 1 is 1.25 bits per heavy atom. The maximum absolute atomic E-state index is 13.8. The van der Waals surface area contributed by atoms with Gasteiger partial charge >= 0.3 is 0 Å². The van der Waals surface area contributed by atoms with Gasteiger partial charge in [0.2, 0.25) is 0 Å². The fourth-order valence-electron chi connectivity index (χ4n) is 3.24. The number of rotatable bonds is 5. The minimum absolute atomic E-state index is 0.153. The Morgan fingerprint density at radius 3 is 2.60 bits per heavy atom. The van der Waals surface area contributed by atoms with Crippen LogP contribution in [0, 0.1) is 11.7 Å². The molecule has 2 rings (SSSR count). The normalized spacial score (nSPS) is 18.8. The molecule has 1 saturated carbocycles. The number of halogens is 2. The predicted octanol–water partition coefficient (Wildman–Crippen LogP) is 5.60. The Morgan fingerprint density at radius 2 is 1.95 bits per heavy atom. The predicted molar refractivity (Wildman–Crippen MR) is 86.3 cm³/mol. The molecule has 20 heavy (non-hydrogen) atoms. The molecule has 1 nitrogen and oxygen atoms in total. The van der Waals surface area contributed by atoms with Gasteiger partial charge in [-0.1, -0.05) is 44.7 Å². The summed E-state index contributed by atoms with van der Waals surface area (Å²) in [6.07, 6.45) is 8.93. The Kier molecular flexibility index (Phi) is 6.50. The van der Waals surface area contributed by atoms with Gasteiger partial charge in [0.25, 0.3) is 0 Å². The Hall–Kier alpha value is -0.410. The molecule has 3 heteroatoms. The molecular formula is C17H25BrFN. The average molecular weight is 342 g/mol. The van der Waals surface area contributed by atoms with E-state index in [1.54, 1.807) is 0 Å². The summed E-state index contributed by atoms with van der Waals surface area (Å²) >= 11 is 3.44. The van der Waals surface area contributed by atoms with Crippen molar-refractivity contribution >= 4 is 15.9 Å². The van der Waals surface area contributed by atoms with E-state index in [2.05, 4.69) is 34.2 Å². The van der Waals surface area contributed by atoms with Crippen LogP contribution in [0.2, 0.25) is 0 Å². The highest BCUT2D eigenvalue weighted by molar-refractivity contribution is 9.10. The van der Waals surface area contributed by atoms with Crippen molar-refractivity contribution in [3.63, 3.8) is 0 Å². The lowest BCUT2D eigenvalue weighted by Crippen LogP contribution is -2.29. The van der Waals surface area contributed by atoms with Crippen LogP contribution in [0.1, 0.15) is 63.5 Å². The molecule has 112 valence electrons. The van der Waals surface area contributed by atoms with Crippen molar-refractivity contribution in [3.8, 4) is 0 Å². The highest BCUT2D eigenvalue weighted by atomic mass is 79.9. The topological polar surface area (TPSA) is 12.0 Å². The van der Waals surface area contributed by atoms with Crippen LogP contribution >= 0.6 is 15.9 Å². The number of hydrogen-bond donors (Lipinski definition) is 1. The lowest BCUT2D eigenvalue weighted by atomic mass is 9.87. The van der Waals surface area contributed by atoms with E-state index in [-0.39, 0.29) is 11.9 Å². The van der Waals surface area contributed by atoms with Gasteiger partial charge in [-0.15, -0.1) is 0 Å². The zero-order chi connectivity index (χ0) is 14.4. The van der Waals surface area contributed by atoms with Gasteiger partial charge in [-0.3, -0.25) is 0 Å². The zero-order valence-electron chi connectivity index (χ0n) is 12.3. The first-order valence-electron chi connectivity index (χ1n) is 7.91. The van der Waals surface area contributed by atoms with E-state index in [1.807, 2.05) is 6.07 Å². The van der Waals surface area contributed by atoms with Crippen LogP contribution in [0.5, 0.6) is 0 Å². The van der Waals surface area contributed by atoms with Gasteiger partial charge in [0.1, 0.15) is 5.82 Å². The summed E-state index contributed by atoms with van der Waals surface area (Å²) in [7, 11) is 0. The van der Waals surface area contributed by atoms with Crippen molar-refractivity contribution in [2.75, 3.05) is 6.54 Å². The van der Waals surface area contributed by atoms with Crippen molar-refractivity contribution in [1.82, 2.24) is 5.32 Å². The third-order valence-corrected chi connectivity index (χ3v) is 5.14. The zero-order valence-corrected chi connectivity index (χ0v) is 13.9. The smallest absolute Gasteiger partial charge is 0.137 e. The van der Waals surface area contributed by atoms with Crippen LogP contribution in [0.25, 0.3) is 0 Å². The summed E-state index contributed by atoms with van der Waals surface area (Å²) in [6, 6.07) is 5.69. The third-order valence-electron chi connectivity index (χ3n) is 4.30. The van der Waals surface area contributed by atoms with Gasteiger partial charge in [-0.05, 0) is 59.3 Å². The summed E-state index contributed by atoms with van der Waals surface area (Å²) < 4.78 is 14.5. The quantitative estimate of drug-likeness (QED) is 0.687. The largest absolute Gasteiger partial charge is 0.310 e. The molecule has 0 aromatic heterocycles. The van der Waals surface area contributed by atoms with Gasteiger partial charge < -0.3 is 5.32 Å². The van der Waals surface area contributed by atoms with E-state index in [0.29, 0.717) is 10.4 Å². The molecule has 0 radical (unpaired) electrons. The summed E-state index contributed by atoms with van der Waals surface area (Å²) in [6.45, 7) is 3.17. The lowest BCUT2D eigenvalue weighted by Gasteiger charge is -2.28. The maximum atomic E-state index is 13.8. The second-order valence-electron chi connectivity index (χ2n) is 5.83. The molecular weight excluding hydrogens is 317 g/mol. The van der Waals surface area contributed by atoms with Gasteiger partial charge in [-0.25, -0.2) is 4.39 Å². The van der Waals surface area contributed by atoms with E-state index in [4.69, 9.17) is 0 Å². The molecule has 1 aromatic carbocycles. The van der Waals surface area contributed by atoms with E-state index in [9.17, 15) is 4.39 Å². The highest BCUT2D eigenvalue weighted by Gasteiger charge is 2.26. The van der Waals surface area contributed by atoms with Crippen molar-refractivity contribution in [2.45, 2.75) is 57.9 Å². The van der Waals surface area contributed by atoms with Gasteiger partial charge in [0.05, 0.1) is 4.47 Å². The highest BCUT2D eigenvalue weighted by Crippen LogP contribution is 2.37.